The van der Waals surface area contributed by atoms with Crippen LogP contribution in [0.15, 0.2) is 11.1 Å². The highest BCUT2D eigenvalue weighted by atomic mass is 14.1. The van der Waals surface area contributed by atoms with Crippen LogP contribution in [0.1, 0.15) is 53.9 Å². The molecule has 0 nitrogen and oxygen atoms in total. The SMILES string of the molecule is CCC(C)=C(C)CC(C)CC. The van der Waals surface area contributed by atoms with Crippen LogP contribution in [0.25, 0.3) is 0 Å². The molecule has 0 aliphatic carbocycles. The fourth-order valence-electron chi connectivity index (χ4n) is 1.14. The normalized spacial score (nSPS) is 16.1. The minimum absolute atomic E-state index is 0.858. The molecule has 11 heavy (non-hydrogen) atoms. The van der Waals surface area contributed by atoms with Gasteiger partial charge in [-0.1, -0.05) is 38.3 Å². The molecule has 0 aromatic heterocycles. The summed E-state index contributed by atoms with van der Waals surface area (Å²) in [5.41, 5.74) is 3.17. The lowest BCUT2D eigenvalue weighted by Gasteiger charge is -2.10. The topological polar surface area (TPSA) is 0 Å². The van der Waals surface area contributed by atoms with Gasteiger partial charge in [0.2, 0.25) is 0 Å². The smallest absolute Gasteiger partial charge is 0.0295 e. The molecule has 1 unspecified atom stereocenters. The summed E-state index contributed by atoms with van der Waals surface area (Å²) in [7, 11) is 0. The van der Waals surface area contributed by atoms with Crippen molar-refractivity contribution in [3.63, 3.8) is 0 Å². The fraction of sp³-hybridized carbons (Fsp3) is 0.818. The first-order valence-corrected chi connectivity index (χ1v) is 4.77. The van der Waals surface area contributed by atoms with Gasteiger partial charge in [0, 0.05) is 0 Å². The Morgan fingerprint density at radius 3 is 2.00 bits per heavy atom. The first-order chi connectivity index (χ1) is 5.11. The highest BCUT2D eigenvalue weighted by Gasteiger charge is 2.01. The van der Waals surface area contributed by atoms with Crippen LogP contribution >= 0.6 is 0 Å². The third-order valence-electron chi connectivity index (χ3n) is 2.61. The maximum absolute atomic E-state index is 2.33. The summed E-state index contributed by atoms with van der Waals surface area (Å²) in [5, 5.41) is 0. The van der Waals surface area contributed by atoms with Gasteiger partial charge in [0.25, 0.3) is 0 Å². The standard InChI is InChI=1S/C11H22/c1-6-9(3)8-11(5)10(4)7-2/h9H,6-8H2,1-5H3. The predicted molar refractivity (Wildman–Crippen MR) is 52.7 cm³/mol. The molecule has 0 amide bonds. The molecular formula is C11H22. The average Bonchev–Trinajstić information content (AvgIpc) is 2.02. The van der Waals surface area contributed by atoms with E-state index in [-0.39, 0.29) is 0 Å². The van der Waals surface area contributed by atoms with Gasteiger partial charge in [-0.2, -0.15) is 0 Å². The second-order valence-corrected chi connectivity index (χ2v) is 3.63. The van der Waals surface area contributed by atoms with Crippen LogP contribution in [-0.4, -0.2) is 0 Å². The van der Waals surface area contributed by atoms with Crippen molar-refractivity contribution in [2.24, 2.45) is 5.92 Å². The molecule has 1 atom stereocenters. The molecular weight excluding hydrogens is 132 g/mol. The minimum Gasteiger partial charge on any atom is -0.0747 e. The summed E-state index contributed by atoms with van der Waals surface area (Å²) < 4.78 is 0. The number of hydrogen-bond acceptors (Lipinski definition) is 0. The van der Waals surface area contributed by atoms with Crippen molar-refractivity contribution in [1.29, 1.82) is 0 Å². The summed E-state index contributed by atoms with van der Waals surface area (Å²) in [5.74, 6) is 0.858. The van der Waals surface area contributed by atoms with Crippen molar-refractivity contribution in [3.8, 4) is 0 Å². The van der Waals surface area contributed by atoms with Gasteiger partial charge in [-0.25, -0.2) is 0 Å². The Balaban J connectivity index is 3.94. The van der Waals surface area contributed by atoms with Gasteiger partial charge < -0.3 is 0 Å². The van der Waals surface area contributed by atoms with E-state index < -0.39 is 0 Å². The first-order valence-electron chi connectivity index (χ1n) is 4.77. The fourth-order valence-corrected chi connectivity index (χ4v) is 1.14. The van der Waals surface area contributed by atoms with Crippen LogP contribution in [0.5, 0.6) is 0 Å². The van der Waals surface area contributed by atoms with Crippen molar-refractivity contribution in [2.75, 3.05) is 0 Å². The van der Waals surface area contributed by atoms with Gasteiger partial charge in [-0.15, -0.1) is 0 Å². The first kappa shape index (κ1) is 10.7. The van der Waals surface area contributed by atoms with E-state index >= 15 is 0 Å². The molecule has 0 aromatic carbocycles. The zero-order valence-corrected chi connectivity index (χ0v) is 8.70. The molecule has 0 heterocycles. The Hall–Kier alpha value is -0.260. The van der Waals surface area contributed by atoms with Crippen molar-refractivity contribution in [3.05, 3.63) is 11.1 Å². The van der Waals surface area contributed by atoms with E-state index in [9.17, 15) is 0 Å². The Morgan fingerprint density at radius 2 is 1.64 bits per heavy atom. The van der Waals surface area contributed by atoms with Crippen molar-refractivity contribution in [1.82, 2.24) is 0 Å². The highest BCUT2D eigenvalue weighted by molar-refractivity contribution is 5.09. The van der Waals surface area contributed by atoms with Gasteiger partial charge >= 0.3 is 0 Å². The van der Waals surface area contributed by atoms with Gasteiger partial charge in [0.1, 0.15) is 0 Å². The van der Waals surface area contributed by atoms with Crippen LogP contribution in [0.2, 0.25) is 0 Å². The third-order valence-corrected chi connectivity index (χ3v) is 2.61. The summed E-state index contributed by atoms with van der Waals surface area (Å²) in [6.45, 7) is 11.3. The van der Waals surface area contributed by atoms with Crippen molar-refractivity contribution >= 4 is 0 Å². The second-order valence-electron chi connectivity index (χ2n) is 3.63. The van der Waals surface area contributed by atoms with Gasteiger partial charge in [0.15, 0.2) is 0 Å². The Labute approximate surface area is 71.7 Å². The van der Waals surface area contributed by atoms with E-state index in [2.05, 4.69) is 34.6 Å². The van der Waals surface area contributed by atoms with E-state index in [1.807, 2.05) is 0 Å². The van der Waals surface area contributed by atoms with Crippen LogP contribution in [0.3, 0.4) is 0 Å². The van der Waals surface area contributed by atoms with E-state index in [4.69, 9.17) is 0 Å². The highest BCUT2D eigenvalue weighted by Crippen LogP contribution is 2.18. The molecule has 0 bridgehead atoms. The van der Waals surface area contributed by atoms with Crippen LogP contribution in [-0.2, 0) is 0 Å². The van der Waals surface area contributed by atoms with Crippen LogP contribution in [0.4, 0.5) is 0 Å². The molecule has 0 radical (unpaired) electrons. The molecule has 0 rings (SSSR count). The molecule has 0 N–H and O–H groups in total. The Bertz CT molecular complexity index is 131. The third kappa shape index (κ3) is 4.23. The Morgan fingerprint density at radius 1 is 1.09 bits per heavy atom. The van der Waals surface area contributed by atoms with E-state index in [0.29, 0.717) is 0 Å². The summed E-state index contributed by atoms with van der Waals surface area (Å²) >= 11 is 0. The van der Waals surface area contributed by atoms with Gasteiger partial charge in [-0.3, -0.25) is 0 Å². The van der Waals surface area contributed by atoms with Gasteiger partial charge in [-0.05, 0) is 32.6 Å². The second kappa shape index (κ2) is 5.40. The number of hydrogen-bond donors (Lipinski definition) is 0. The molecule has 0 spiro atoms. The lowest BCUT2D eigenvalue weighted by atomic mass is 9.96. The zero-order chi connectivity index (χ0) is 8.85. The van der Waals surface area contributed by atoms with E-state index in [1.54, 1.807) is 11.1 Å². The van der Waals surface area contributed by atoms with Crippen molar-refractivity contribution in [2.45, 2.75) is 53.9 Å². The largest absolute Gasteiger partial charge is 0.0747 e. The molecule has 0 aliphatic rings. The van der Waals surface area contributed by atoms with Crippen molar-refractivity contribution < 1.29 is 0 Å². The van der Waals surface area contributed by atoms with Crippen LogP contribution in [0, 0.1) is 5.92 Å². The van der Waals surface area contributed by atoms with Gasteiger partial charge in [0.05, 0.1) is 0 Å². The molecule has 0 aromatic rings. The van der Waals surface area contributed by atoms with Crippen LogP contribution < -0.4 is 0 Å². The maximum atomic E-state index is 2.33. The quantitative estimate of drug-likeness (QED) is 0.533. The molecule has 0 saturated carbocycles. The molecule has 0 aliphatic heterocycles. The predicted octanol–water partition coefficient (Wildman–Crippen LogP) is 4.17. The summed E-state index contributed by atoms with van der Waals surface area (Å²) in [6, 6.07) is 0. The summed E-state index contributed by atoms with van der Waals surface area (Å²) in [6.07, 6.45) is 3.80. The van der Waals surface area contributed by atoms with E-state index in [0.717, 1.165) is 5.92 Å². The monoisotopic (exact) mass is 154 g/mol. The lowest BCUT2D eigenvalue weighted by Crippen LogP contribution is -1.94. The summed E-state index contributed by atoms with van der Waals surface area (Å²) in [4.78, 5) is 0. The lowest BCUT2D eigenvalue weighted by molar-refractivity contribution is 0.554. The Kier molecular flexibility index (Phi) is 5.27. The minimum atomic E-state index is 0.858. The number of allylic oxidation sites excluding steroid dienone is 2. The molecule has 0 heteroatoms. The average molecular weight is 154 g/mol. The molecule has 0 saturated heterocycles. The van der Waals surface area contributed by atoms with E-state index in [1.165, 1.54) is 19.3 Å². The molecule has 0 fully saturated rings. The maximum Gasteiger partial charge on any atom is -0.0295 e. The zero-order valence-electron chi connectivity index (χ0n) is 8.70. The molecule has 66 valence electrons. The number of rotatable bonds is 4.